The summed E-state index contributed by atoms with van der Waals surface area (Å²) in [7, 11) is 0. The van der Waals surface area contributed by atoms with E-state index in [-0.39, 0.29) is 22.9 Å². The van der Waals surface area contributed by atoms with Crippen LogP contribution in [0.4, 0.5) is 4.39 Å². The molecular weight excluding hydrogens is 363 g/mol. The summed E-state index contributed by atoms with van der Waals surface area (Å²) >= 11 is 0. The first-order valence-corrected chi connectivity index (χ1v) is 10.8. The lowest BCUT2D eigenvalue weighted by molar-refractivity contribution is -0.114. The Morgan fingerprint density at radius 2 is 1.93 bits per heavy atom. The fraction of sp³-hybridized carbons (Fsp3) is 0.500. The van der Waals surface area contributed by atoms with Gasteiger partial charge in [-0.05, 0) is 85.3 Å². The van der Waals surface area contributed by atoms with Gasteiger partial charge in [-0.25, -0.2) is 4.39 Å². The molecule has 0 spiro atoms. The van der Waals surface area contributed by atoms with Crippen molar-refractivity contribution in [2.75, 3.05) is 0 Å². The Bertz CT molecular complexity index is 979. The van der Waals surface area contributed by atoms with Gasteiger partial charge in [-0.3, -0.25) is 4.79 Å². The third-order valence-corrected chi connectivity index (χ3v) is 8.40. The Morgan fingerprint density at radius 3 is 2.66 bits per heavy atom. The van der Waals surface area contributed by atoms with E-state index in [9.17, 15) is 14.3 Å². The minimum absolute atomic E-state index is 0.103. The highest BCUT2D eigenvalue weighted by atomic mass is 19.1. The van der Waals surface area contributed by atoms with E-state index in [1.807, 2.05) is 18.2 Å². The van der Waals surface area contributed by atoms with Gasteiger partial charge in [0.05, 0.1) is 0 Å². The minimum Gasteiger partial charge on any atom is -0.377 e. The Labute approximate surface area is 171 Å². The standard InChI is InChI=1S/C26H27FO2/c1-3-26(29)13-12-23-21-10-6-17-14-19(28)9-11-20(17)24(21)22(15-25(23,26)2)16-4-7-18(27)8-5-16/h1,4-5,7-8,14,21-23,29H,6,9-13,15H2,2H3/t21?,22-,23?,25+,26+/m1/s1. The smallest absolute Gasteiger partial charge is 0.156 e. The van der Waals surface area contributed by atoms with E-state index in [0.717, 1.165) is 37.7 Å². The third-order valence-electron chi connectivity index (χ3n) is 8.40. The molecule has 0 bridgehead atoms. The van der Waals surface area contributed by atoms with Crippen LogP contribution >= 0.6 is 0 Å². The number of terminal acetylenes is 1. The predicted octanol–water partition coefficient (Wildman–Crippen LogP) is 5.09. The van der Waals surface area contributed by atoms with Crippen molar-refractivity contribution in [3.05, 3.63) is 58.4 Å². The first-order chi connectivity index (χ1) is 13.9. The number of aliphatic hydroxyl groups is 1. The van der Waals surface area contributed by atoms with E-state index in [2.05, 4.69) is 12.8 Å². The molecule has 2 unspecified atom stereocenters. The molecule has 4 aliphatic rings. The topological polar surface area (TPSA) is 37.3 Å². The van der Waals surface area contributed by atoms with Gasteiger partial charge in [0, 0.05) is 17.8 Å². The summed E-state index contributed by atoms with van der Waals surface area (Å²) < 4.78 is 13.6. The molecule has 0 aromatic heterocycles. The number of carbonyl (C=O) groups excluding carboxylic acids is 1. The number of benzene rings is 1. The van der Waals surface area contributed by atoms with E-state index < -0.39 is 5.60 Å². The maximum Gasteiger partial charge on any atom is 0.156 e. The Morgan fingerprint density at radius 1 is 1.17 bits per heavy atom. The molecule has 0 aliphatic heterocycles. The van der Waals surface area contributed by atoms with E-state index in [1.54, 1.807) is 0 Å². The zero-order valence-corrected chi connectivity index (χ0v) is 16.9. The second kappa shape index (κ2) is 6.41. The lowest BCUT2D eigenvalue weighted by Crippen LogP contribution is -2.50. The van der Waals surface area contributed by atoms with Gasteiger partial charge in [0.25, 0.3) is 0 Å². The van der Waals surface area contributed by atoms with Crippen molar-refractivity contribution >= 4 is 5.78 Å². The fourth-order valence-electron chi connectivity index (χ4n) is 6.90. The van der Waals surface area contributed by atoms with Crippen LogP contribution in [0.25, 0.3) is 0 Å². The molecule has 2 nitrogen and oxygen atoms in total. The average molecular weight is 390 g/mol. The van der Waals surface area contributed by atoms with Crippen LogP contribution < -0.4 is 0 Å². The zero-order chi connectivity index (χ0) is 20.4. The van der Waals surface area contributed by atoms with Gasteiger partial charge in [0.1, 0.15) is 11.4 Å². The second-order valence-corrected chi connectivity index (χ2v) is 9.59. The Balaban J connectivity index is 1.70. The first-order valence-electron chi connectivity index (χ1n) is 10.8. The van der Waals surface area contributed by atoms with Crippen LogP contribution in [-0.2, 0) is 4.79 Å². The molecule has 2 saturated carbocycles. The summed E-state index contributed by atoms with van der Waals surface area (Å²) in [6.45, 7) is 2.16. The maximum absolute atomic E-state index is 13.6. The molecule has 1 aromatic carbocycles. The van der Waals surface area contributed by atoms with Crippen molar-refractivity contribution in [2.45, 2.75) is 63.4 Å². The summed E-state index contributed by atoms with van der Waals surface area (Å²) in [5.41, 5.74) is 3.63. The lowest BCUT2D eigenvalue weighted by Gasteiger charge is -2.53. The van der Waals surface area contributed by atoms with E-state index in [1.165, 1.54) is 28.9 Å². The summed E-state index contributed by atoms with van der Waals surface area (Å²) in [5.74, 6) is 3.55. The molecule has 5 atom stereocenters. The normalized spacial score (nSPS) is 38.6. The van der Waals surface area contributed by atoms with Crippen molar-refractivity contribution in [3.63, 3.8) is 0 Å². The van der Waals surface area contributed by atoms with Crippen LogP contribution in [0.2, 0.25) is 0 Å². The second-order valence-electron chi connectivity index (χ2n) is 9.59. The number of rotatable bonds is 1. The summed E-state index contributed by atoms with van der Waals surface area (Å²) in [6, 6.07) is 6.81. The zero-order valence-electron chi connectivity index (χ0n) is 16.9. The van der Waals surface area contributed by atoms with Gasteiger partial charge in [0.2, 0.25) is 0 Å². The largest absolute Gasteiger partial charge is 0.377 e. The molecule has 1 aromatic rings. The van der Waals surface area contributed by atoms with Crippen molar-refractivity contribution in [3.8, 4) is 12.3 Å². The van der Waals surface area contributed by atoms with Crippen LogP contribution in [-0.4, -0.2) is 16.5 Å². The quantitative estimate of drug-likeness (QED) is 0.678. The molecule has 0 saturated heterocycles. The summed E-state index contributed by atoms with van der Waals surface area (Å²) in [5, 5.41) is 11.4. The summed E-state index contributed by atoms with van der Waals surface area (Å²) in [6.07, 6.45) is 13.3. The van der Waals surface area contributed by atoms with Gasteiger partial charge in [-0.1, -0.05) is 30.6 Å². The van der Waals surface area contributed by atoms with Gasteiger partial charge in [-0.15, -0.1) is 6.42 Å². The van der Waals surface area contributed by atoms with Gasteiger partial charge >= 0.3 is 0 Å². The number of ketones is 1. The molecule has 3 heteroatoms. The first kappa shape index (κ1) is 18.8. The Kier molecular flexibility index (Phi) is 4.16. The van der Waals surface area contributed by atoms with Crippen LogP contribution in [0.3, 0.4) is 0 Å². The Hall–Kier alpha value is -2.18. The third kappa shape index (κ3) is 2.62. The van der Waals surface area contributed by atoms with Crippen molar-refractivity contribution in [2.24, 2.45) is 17.3 Å². The van der Waals surface area contributed by atoms with Gasteiger partial charge in [0.15, 0.2) is 5.78 Å². The fourth-order valence-corrected chi connectivity index (χ4v) is 6.90. The van der Waals surface area contributed by atoms with E-state index in [0.29, 0.717) is 24.7 Å². The molecule has 1 N–H and O–H groups in total. The maximum atomic E-state index is 13.6. The molecule has 150 valence electrons. The van der Waals surface area contributed by atoms with Crippen LogP contribution in [0.5, 0.6) is 0 Å². The van der Waals surface area contributed by atoms with Crippen LogP contribution in [0.15, 0.2) is 47.1 Å². The molecule has 2 fully saturated rings. The van der Waals surface area contributed by atoms with Crippen molar-refractivity contribution in [1.29, 1.82) is 0 Å². The molecular formula is C26H27FO2. The molecule has 29 heavy (non-hydrogen) atoms. The van der Waals surface area contributed by atoms with E-state index in [4.69, 9.17) is 6.42 Å². The molecule has 0 radical (unpaired) electrons. The highest BCUT2D eigenvalue weighted by molar-refractivity contribution is 5.93. The molecule has 4 aliphatic carbocycles. The van der Waals surface area contributed by atoms with Crippen LogP contribution in [0, 0.1) is 35.4 Å². The van der Waals surface area contributed by atoms with Gasteiger partial charge < -0.3 is 5.11 Å². The minimum atomic E-state index is -1.09. The molecule has 5 rings (SSSR count). The SMILES string of the molecule is C#C[C@]1(O)CCC2C3CCC4=CC(=O)CCC4=C3[C@@H](c3ccc(F)cc3)C[C@@]21C. The molecule has 0 amide bonds. The number of carbonyl (C=O) groups is 1. The van der Waals surface area contributed by atoms with E-state index >= 15 is 0 Å². The molecule has 0 heterocycles. The highest BCUT2D eigenvalue weighted by Crippen LogP contribution is 2.66. The number of halogens is 1. The monoisotopic (exact) mass is 390 g/mol. The number of hydrogen-bond acceptors (Lipinski definition) is 2. The summed E-state index contributed by atoms with van der Waals surface area (Å²) in [4.78, 5) is 12.0. The predicted molar refractivity (Wildman–Crippen MR) is 110 cm³/mol. The number of fused-ring (bicyclic) bond motifs is 4. The average Bonchev–Trinajstić information content (AvgIpc) is 2.99. The highest BCUT2D eigenvalue weighted by Gasteiger charge is 2.62. The van der Waals surface area contributed by atoms with Crippen molar-refractivity contribution < 1.29 is 14.3 Å². The lowest BCUT2D eigenvalue weighted by atomic mass is 9.51. The van der Waals surface area contributed by atoms with Crippen molar-refractivity contribution in [1.82, 2.24) is 0 Å². The van der Waals surface area contributed by atoms with Crippen LogP contribution in [0.1, 0.15) is 63.4 Å². The number of allylic oxidation sites excluding steroid dienone is 4. The number of hydrogen-bond donors (Lipinski definition) is 1. The van der Waals surface area contributed by atoms with Gasteiger partial charge in [-0.2, -0.15) is 0 Å².